The van der Waals surface area contributed by atoms with Crippen molar-refractivity contribution in [2.24, 2.45) is 4.99 Å². The second-order valence-electron chi connectivity index (χ2n) is 5.96. The Kier molecular flexibility index (Phi) is 6.07. The van der Waals surface area contributed by atoms with Crippen LogP contribution in [0.4, 0.5) is 4.39 Å². The molecule has 0 unspecified atom stereocenters. The molecule has 3 rings (SSSR count). The Labute approximate surface area is 165 Å². The average molecular weight is 423 g/mol. The molecule has 1 amide bonds. The minimum Gasteiger partial charge on any atom is -0.383 e. The first-order valence-electron chi connectivity index (χ1n) is 8.56. The average Bonchev–Trinajstić information content (AvgIpc) is 3.04. The summed E-state index contributed by atoms with van der Waals surface area (Å²) < 4.78 is 45.5. The van der Waals surface area contributed by atoms with Crippen molar-refractivity contribution >= 4 is 37.3 Å². The van der Waals surface area contributed by atoms with Crippen LogP contribution in [0.2, 0.25) is 0 Å². The number of hydrogen-bond donors (Lipinski definition) is 0. The van der Waals surface area contributed by atoms with E-state index in [1.807, 2.05) is 0 Å². The van der Waals surface area contributed by atoms with Gasteiger partial charge in [-0.2, -0.15) is 4.99 Å². The van der Waals surface area contributed by atoms with E-state index in [1.54, 1.807) is 30.7 Å². The van der Waals surface area contributed by atoms with E-state index in [2.05, 4.69) is 4.99 Å². The number of aromatic nitrogens is 1. The lowest BCUT2D eigenvalue weighted by Gasteiger charge is -2.05. The van der Waals surface area contributed by atoms with Gasteiger partial charge in [-0.15, -0.1) is 0 Å². The van der Waals surface area contributed by atoms with Crippen LogP contribution in [0.15, 0.2) is 52.4 Å². The monoisotopic (exact) mass is 422 g/mol. The van der Waals surface area contributed by atoms with Crippen molar-refractivity contribution in [2.45, 2.75) is 18.4 Å². The minimum atomic E-state index is -3.34. The van der Waals surface area contributed by atoms with Crippen molar-refractivity contribution in [3.8, 4) is 0 Å². The fraction of sp³-hybridized carbons (Fsp3) is 0.263. The molecule has 0 bridgehead atoms. The molecule has 0 N–H and O–H groups in total. The van der Waals surface area contributed by atoms with E-state index in [0.717, 1.165) is 0 Å². The molecule has 0 saturated heterocycles. The zero-order valence-corrected chi connectivity index (χ0v) is 17.0. The molecule has 28 heavy (non-hydrogen) atoms. The van der Waals surface area contributed by atoms with Crippen LogP contribution in [0.3, 0.4) is 0 Å². The molecule has 1 heterocycles. The van der Waals surface area contributed by atoms with Crippen LogP contribution in [0.25, 0.3) is 10.2 Å². The lowest BCUT2D eigenvalue weighted by Crippen LogP contribution is -2.19. The third-order valence-electron chi connectivity index (χ3n) is 4.21. The number of sulfone groups is 1. The quantitative estimate of drug-likeness (QED) is 0.612. The van der Waals surface area contributed by atoms with Crippen molar-refractivity contribution in [3.05, 3.63) is 58.6 Å². The molecule has 0 saturated carbocycles. The van der Waals surface area contributed by atoms with E-state index in [4.69, 9.17) is 4.74 Å². The summed E-state index contributed by atoms with van der Waals surface area (Å²) in [6.45, 7) is 2.24. The smallest absolute Gasteiger partial charge is 0.279 e. The van der Waals surface area contributed by atoms with Crippen LogP contribution in [-0.2, 0) is 21.1 Å². The largest absolute Gasteiger partial charge is 0.383 e. The number of para-hydroxylation sites is 1. The van der Waals surface area contributed by atoms with Crippen LogP contribution in [0, 0.1) is 5.82 Å². The number of benzene rings is 2. The van der Waals surface area contributed by atoms with Crippen LogP contribution >= 0.6 is 11.3 Å². The number of thiazole rings is 1. The highest BCUT2D eigenvalue weighted by Gasteiger charge is 2.14. The molecule has 0 atom stereocenters. The maximum Gasteiger partial charge on any atom is 0.279 e. The fourth-order valence-corrected chi connectivity index (χ4v) is 4.64. The van der Waals surface area contributed by atoms with Gasteiger partial charge in [0.2, 0.25) is 0 Å². The van der Waals surface area contributed by atoms with Crippen LogP contribution in [0.1, 0.15) is 17.3 Å². The molecule has 0 spiro atoms. The van der Waals surface area contributed by atoms with Crippen molar-refractivity contribution in [3.63, 3.8) is 0 Å². The van der Waals surface area contributed by atoms with Gasteiger partial charge in [0.25, 0.3) is 5.91 Å². The topological polar surface area (TPSA) is 77.7 Å². The van der Waals surface area contributed by atoms with Crippen molar-refractivity contribution < 1.29 is 22.3 Å². The highest BCUT2D eigenvalue weighted by molar-refractivity contribution is 7.91. The Morgan fingerprint density at radius 1 is 1.21 bits per heavy atom. The number of carbonyl (C=O) groups is 1. The van der Waals surface area contributed by atoms with Gasteiger partial charge < -0.3 is 9.30 Å². The molecule has 0 aliphatic carbocycles. The molecule has 1 aromatic heterocycles. The summed E-state index contributed by atoms with van der Waals surface area (Å²) in [6.07, 6.45) is 0. The van der Waals surface area contributed by atoms with E-state index in [1.165, 1.54) is 41.7 Å². The summed E-state index contributed by atoms with van der Waals surface area (Å²) in [4.78, 5) is 17.2. The molecule has 0 aliphatic heterocycles. The molecule has 3 aromatic rings. The van der Waals surface area contributed by atoms with Crippen molar-refractivity contribution in [2.75, 3.05) is 19.5 Å². The van der Waals surface area contributed by atoms with Gasteiger partial charge in [0, 0.05) is 19.2 Å². The highest BCUT2D eigenvalue weighted by Crippen LogP contribution is 2.20. The van der Waals surface area contributed by atoms with Crippen LogP contribution < -0.4 is 4.80 Å². The zero-order chi connectivity index (χ0) is 20.3. The number of nitrogens with zero attached hydrogens (tertiary/aromatic N) is 2. The van der Waals surface area contributed by atoms with E-state index >= 15 is 0 Å². The normalized spacial score (nSPS) is 12.6. The summed E-state index contributed by atoms with van der Waals surface area (Å²) in [6, 6.07) is 10.4. The number of fused-ring (bicyclic) bond motifs is 1. The van der Waals surface area contributed by atoms with E-state index in [-0.39, 0.29) is 16.2 Å². The summed E-state index contributed by atoms with van der Waals surface area (Å²) in [5, 5.41) is 0. The Hall–Kier alpha value is -2.36. The van der Waals surface area contributed by atoms with Gasteiger partial charge in [0.15, 0.2) is 14.6 Å². The molecular formula is C19H19FN2O4S2. The van der Waals surface area contributed by atoms with E-state index in [9.17, 15) is 17.6 Å². The predicted octanol–water partition coefficient (Wildman–Crippen LogP) is 3.02. The molecule has 0 aliphatic rings. The maximum absolute atomic E-state index is 14.3. The number of hydrogen-bond acceptors (Lipinski definition) is 5. The molecule has 0 fully saturated rings. The zero-order valence-electron chi connectivity index (χ0n) is 15.4. The van der Waals surface area contributed by atoms with E-state index in [0.29, 0.717) is 28.2 Å². The van der Waals surface area contributed by atoms with Crippen molar-refractivity contribution in [1.29, 1.82) is 0 Å². The third kappa shape index (κ3) is 4.06. The molecule has 6 nitrogen and oxygen atoms in total. The second kappa shape index (κ2) is 8.34. The predicted molar refractivity (Wildman–Crippen MR) is 106 cm³/mol. The minimum absolute atomic E-state index is 0.0164. The molecule has 0 radical (unpaired) electrons. The number of amides is 1. The first kappa shape index (κ1) is 20.4. The van der Waals surface area contributed by atoms with Gasteiger partial charge in [-0.1, -0.05) is 24.3 Å². The number of ether oxygens (including phenoxy) is 1. The Balaban J connectivity index is 2.04. The first-order valence-corrected chi connectivity index (χ1v) is 11.0. The molecule has 9 heteroatoms. The maximum atomic E-state index is 14.3. The molecule has 2 aromatic carbocycles. The van der Waals surface area contributed by atoms with Gasteiger partial charge in [-0.25, -0.2) is 12.8 Å². The van der Waals surface area contributed by atoms with Crippen LogP contribution in [0.5, 0.6) is 0 Å². The lowest BCUT2D eigenvalue weighted by molar-refractivity contribution is 0.0997. The molecule has 148 valence electrons. The Bertz CT molecular complexity index is 1180. The number of carbonyl (C=O) groups excluding carboxylic acids is 1. The SMILES string of the molecule is CCS(=O)(=O)c1ccc(C(=O)N=c2sc3cccc(F)c3n2CCOC)cc1. The van der Waals surface area contributed by atoms with Crippen LogP contribution in [-0.4, -0.2) is 38.4 Å². The Morgan fingerprint density at radius 2 is 1.93 bits per heavy atom. The van der Waals surface area contributed by atoms with Gasteiger partial charge in [-0.3, -0.25) is 4.79 Å². The van der Waals surface area contributed by atoms with Gasteiger partial charge in [0.1, 0.15) is 5.82 Å². The van der Waals surface area contributed by atoms with Gasteiger partial charge >= 0.3 is 0 Å². The highest BCUT2D eigenvalue weighted by atomic mass is 32.2. The van der Waals surface area contributed by atoms with Gasteiger partial charge in [-0.05, 0) is 36.4 Å². The second-order valence-corrected chi connectivity index (χ2v) is 9.25. The Morgan fingerprint density at radius 3 is 2.57 bits per heavy atom. The summed E-state index contributed by atoms with van der Waals surface area (Å²) >= 11 is 1.21. The lowest BCUT2D eigenvalue weighted by atomic mass is 10.2. The standard InChI is InChI=1S/C19H19FN2O4S2/c1-3-28(24,25)14-9-7-13(8-10-14)18(23)21-19-22(11-12-26-2)17-15(20)5-4-6-16(17)27-19/h4-10H,3,11-12H2,1-2H3. The van der Waals surface area contributed by atoms with Gasteiger partial charge in [0.05, 0.1) is 27.5 Å². The molecular weight excluding hydrogens is 403 g/mol. The first-order chi connectivity index (χ1) is 13.4. The number of methoxy groups -OCH3 is 1. The summed E-state index contributed by atoms with van der Waals surface area (Å²) in [5.41, 5.74) is 0.631. The third-order valence-corrected chi connectivity index (χ3v) is 7.00. The fourth-order valence-electron chi connectivity index (χ4n) is 2.69. The van der Waals surface area contributed by atoms with Crippen molar-refractivity contribution in [1.82, 2.24) is 4.57 Å². The number of halogens is 1. The van der Waals surface area contributed by atoms with E-state index < -0.39 is 21.6 Å². The number of rotatable bonds is 6. The summed E-state index contributed by atoms with van der Waals surface area (Å²) in [7, 11) is -1.80. The summed E-state index contributed by atoms with van der Waals surface area (Å²) in [5.74, 6) is -0.941.